The minimum atomic E-state index is -4.55. The van der Waals surface area contributed by atoms with E-state index in [4.69, 9.17) is 4.74 Å². The first-order chi connectivity index (χ1) is 16.3. The van der Waals surface area contributed by atoms with E-state index in [-0.39, 0.29) is 12.1 Å². The van der Waals surface area contributed by atoms with Crippen LogP contribution in [0, 0.1) is 0 Å². The van der Waals surface area contributed by atoms with Gasteiger partial charge in [0, 0.05) is 18.7 Å². The number of aliphatic hydroxyl groups is 1. The van der Waals surface area contributed by atoms with Crippen molar-refractivity contribution in [2.75, 3.05) is 13.7 Å². The zero-order valence-electron chi connectivity index (χ0n) is 18.7. The molecule has 0 fully saturated rings. The van der Waals surface area contributed by atoms with Crippen LogP contribution in [0.4, 0.5) is 13.2 Å². The van der Waals surface area contributed by atoms with Gasteiger partial charge in [0.25, 0.3) is 5.91 Å². The third kappa shape index (κ3) is 7.33. The number of methoxy groups -OCH3 is 1. The van der Waals surface area contributed by atoms with Gasteiger partial charge >= 0.3 is 6.18 Å². The van der Waals surface area contributed by atoms with E-state index in [2.05, 4.69) is 10.6 Å². The van der Waals surface area contributed by atoms with Crippen LogP contribution in [0.5, 0.6) is 5.75 Å². The van der Waals surface area contributed by atoms with Crippen LogP contribution in [-0.2, 0) is 19.1 Å². The van der Waals surface area contributed by atoms with Gasteiger partial charge in [-0.05, 0) is 47.9 Å². The number of benzene rings is 3. The maximum Gasteiger partial charge on any atom is 0.416 e. The van der Waals surface area contributed by atoms with Crippen molar-refractivity contribution in [1.82, 2.24) is 10.6 Å². The number of hydrogen-bond acceptors (Lipinski definition) is 4. The maximum atomic E-state index is 13.0. The molecule has 0 bridgehead atoms. The molecular formula is C26H27F3N2O3. The number of nitrogens with one attached hydrogen (secondary N) is 2. The molecule has 3 aromatic rings. The van der Waals surface area contributed by atoms with Crippen LogP contribution in [0.15, 0.2) is 78.9 Å². The summed E-state index contributed by atoms with van der Waals surface area (Å²) in [6.45, 7) is 0.630. The lowest BCUT2D eigenvalue weighted by atomic mass is 10.00. The van der Waals surface area contributed by atoms with Crippen LogP contribution in [-0.4, -0.2) is 36.8 Å². The second-order valence-corrected chi connectivity index (χ2v) is 7.90. The van der Waals surface area contributed by atoms with E-state index in [0.717, 1.165) is 29.0 Å². The summed E-state index contributed by atoms with van der Waals surface area (Å²) in [6.07, 6.45) is -5.22. The van der Waals surface area contributed by atoms with Gasteiger partial charge in [0.2, 0.25) is 0 Å². The fourth-order valence-corrected chi connectivity index (χ4v) is 3.53. The van der Waals surface area contributed by atoms with E-state index in [9.17, 15) is 23.1 Å². The second kappa shape index (κ2) is 11.7. The van der Waals surface area contributed by atoms with Gasteiger partial charge in [-0.3, -0.25) is 4.79 Å². The van der Waals surface area contributed by atoms with Crippen molar-refractivity contribution in [2.45, 2.75) is 31.3 Å². The van der Waals surface area contributed by atoms with Crippen LogP contribution in [0.25, 0.3) is 0 Å². The number of aliphatic hydroxyl groups excluding tert-OH is 1. The Kier molecular flexibility index (Phi) is 8.67. The Hall–Kier alpha value is -3.36. The lowest BCUT2D eigenvalue weighted by Crippen LogP contribution is -2.48. The maximum absolute atomic E-state index is 13.0. The molecule has 0 saturated carbocycles. The Morgan fingerprint density at radius 3 is 2.38 bits per heavy atom. The molecule has 3 aromatic carbocycles. The highest BCUT2D eigenvalue weighted by atomic mass is 19.4. The Labute approximate surface area is 196 Å². The summed E-state index contributed by atoms with van der Waals surface area (Å²) in [6, 6.07) is 20.2. The molecule has 2 atom stereocenters. The van der Waals surface area contributed by atoms with Crippen LogP contribution in [0.2, 0.25) is 0 Å². The molecule has 8 heteroatoms. The van der Waals surface area contributed by atoms with Gasteiger partial charge in [0.1, 0.15) is 5.75 Å². The SMILES string of the molecule is COc1cccc(CNC[C@@H](O)[C@H](Cc2ccccc2)NC(=O)c2cccc(C(F)(F)F)c2)c1. The molecule has 3 N–H and O–H groups in total. The van der Waals surface area contributed by atoms with Gasteiger partial charge in [0.15, 0.2) is 0 Å². The molecule has 0 aliphatic carbocycles. The number of hydrogen-bond donors (Lipinski definition) is 3. The first-order valence-corrected chi connectivity index (χ1v) is 10.8. The second-order valence-electron chi connectivity index (χ2n) is 7.90. The van der Waals surface area contributed by atoms with E-state index in [1.54, 1.807) is 7.11 Å². The van der Waals surface area contributed by atoms with Crippen molar-refractivity contribution in [1.29, 1.82) is 0 Å². The molecule has 0 heterocycles. The fraction of sp³-hybridized carbons (Fsp3) is 0.269. The molecule has 0 spiro atoms. The van der Waals surface area contributed by atoms with Gasteiger partial charge in [-0.1, -0.05) is 48.5 Å². The summed E-state index contributed by atoms with van der Waals surface area (Å²) in [5.74, 6) is 0.0361. The van der Waals surface area contributed by atoms with Crippen molar-refractivity contribution in [2.24, 2.45) is 0 Å². The first kappa shape index (κ1) is 25.3. The number of carbonyl (C=O) groups is 1. The zero-order chi connectivity index (χ0) is 24.6. The van der Waals surface area contributed by atoms with Gasteiger partial charge < -0.3 is 20.5 Å². The standard InChI is InChI=1S/C26H27F3N2O3/c1-34-22-12-5-9-19(13-22)16-30-17-24(32)23(14-18-7-3-2-4-8-18)31-25(33)20-10-6-11-21(15-20)26(27,28)29/h2-13,15,23-24,30,32H,14,16-17H2,1H3,(H,31,33)/t23-,24+/m0/s1. The first-order valence-electron chi connectivity index (χ1n) is 10.8. The minimum absolute atomic E-state index is 0.121. The Bertz CT molecular complexity index is 1070. The molecule has 5 nitrogen and oxygen atoms in total. The molecule has 180 valence electrons. The quantitative estimate of drug-likeness (QED) is 0.414. The lowest BCUT2D eigenvalue weighted by Gasteiger charge is -2.25. The molecule has 0 saturated heterocycles. The van der Waals surface area contributed by atoms with E-state index in [0.29, 0.717) is 13.0 Å². The predicted molar refractivity (Wildman–Crippen MR) is 124 cm³/mol. The van der Waals surface area contributed by atoms with E-state index < -0.39 is 29.8 Å². The summed E-state index contributed by atoms with van der Waals surface area (Å²) in [4.78, 5) is 12.8. The summed E-state index contributed by atoms with van der Waals surface area (Å²) >= 11 is 0. The number of carbonyl (C=O) groups excluding carboxylic acids is 1. The van der Waals surface area contributed by atoms with Gasteiger partial charge in [-0.25, -0.2) is 0 Å². The lowest BCUT2D eigenvalue weighted by molar-refractivity contribution is -0.137. The smallest absolute Gasteiger partial charge is 0.416 e. The Morgan fingerprint density at radius 2 is 1.68 bits per heavy atom. The Morgan fingerprint density at radius 1 is 0.971 bits per heavy atom. The van der Waals surface area contributed by atoms with Crippen LogP contribution in [0.3, 0.4) is 0 Å². The highest BCUT2D eigenvalue weighted by molar-refractivity contribution is 5.94. The normalized spacial score (nSPS) is 13.2. The van der Waals surface area contributed by atoms with Crippen molar-refractivity contribution >= 4 is 5.91 Å². The minimum Gasteiger partial charge on any atom is -0.497 e. The highest BCUT2D eigenvalue weighted by Crippen LogP contribution is 2.29. The molecule has 34 heavy (non-hydrogen) atoms. The zero-order valence-corrected chi connectivity index (χ0v) is 18.7. The summed E-state index contributed by atoms with van der Waals surface area (Å²) in [7, 11) is 1.58. The largest absolute Gasteiger partial charge is 0.497 e. The van der Waals surface area contributed by atoms with E-state index >= 15 is 0 Å². The molecule has 0 radical (unpaired) electrons. The van der Waals surface area contributed by atoms with E-state index in [1.807, 2.05) is 54.6 Å². The topological polar surface area (TPSA) is 70.6 Å². The fourth-order valence-electron chi connectivity index (χ4n) is 3.53. The molecule has 0 aliphatic rings. The molecule has 1 amide bonds. The predicted octanol–water partition coefficient (Wildman–Crippen LogP) is 4.21. The Balaban J connectivity index is 1.69. The summed E-state index contributed by atoms with van der Waals surface area (Å²) in [5, 5.41) is 16.7. The van der Waals surface area contributed by atoms with Gasteiger partial charge in [0.05, 0.1) is 24.8 Å². The molecule has 0 unspecified atom stereocenters. The van der Waals surface area contributed by atoms with Crippen molar-refractivity contribution in [3.63, 3.8) is 0 Å². The summed E-state index contributed by atoms with van der Waals surface area (Å²) < 4.78 is 44.4. The molecule has 0 aliphatic heterocycles. The third-order valence-electron chi connectivity index (χ3n) is 5.35. The molecule has 3 rings (SSSR count). The van der Waals surface area contributed by atoms with Crippen LogP contribution >= 0.6 is 0 Å². The molecule has 0 aromatic heterocycles. The number of halogens is 3. The number of amides is 1. The van der Waals surface area contributed by atoms with Crippen molar-refractivity contribution < 1.29 is 27.8 Å². The van der Waals surface area contributed by atoms with Gasteiger partial charge in [-0.2, -0.15) is 13.2 Å². The van der Waals surface area contributed by atoms with Crippen LogP contribution in [0.1, 0.15) is 27.0 Å². The monoisotopic (exact) mass is 472 g/mol. The number of alkyl halides is 3. The number of ether oxygens (including phenoxy) is 1. The average Bonchev–Trinajstić information content (AvgIpc) is 2.84. The third-order valence-corrected chi connectivity index (χ3v) is 5.35. The highest BCUT2D eigenvalue weighted by Gasteiger charge is 2.31. The van der Waals surface area contributed by atoms with Gasteiger partial charge in [-0.15, -0.1) is 0 Å². The average molecular weight is 473 g/mol. The van der Waals surface area contributed by atoms with Crippen LogP contribution < -0.4 is 15.4 Å². The van der Waals surface area contributed by atoms with Crippen molar-refractivity contribution in [3.8, 4) is 5.75 Å². The molecular weight excluding hydrogens is 445 g/mol. The van der Waals surface area contributed by atoms with E-state index in [1.165, 1.54) is 12.1 Å². The number of rotatable bonds is 10. The summed E-state index contributed by atoms with van der Waals surface area (Å²) in [5.41, 5.74) is 0.813. The van der Waals surface area contributed by atoms with Crippen molar-refractivity contribution in [3.05, 3.63) is 101 Å².